The number of nitrogens with zero attached hydrogens (tertiary/aromatic N) is 1. The summed E-state index contributed by atoms with van der Waals surface area (Å²) in [5.41, 5.74) is 2.50. The van der Waals surface area contributed by atoms with E-state index in [0.717, 1.165) is 42.1 Å². The van der Waals surface area contributed by atoms with Crippen molar-refractivity contribution < 1.29 is 9.53 Å². The normalized spacial score (nSPS) is 20.2. The van der Waals surface area contributed by atoms with E-state index in [4.69, 9.17) is 4.74 Å². The van der Waals surface area contributed by atoms with Gasteiger partial charge < -0.3 is 20.0 Å². The SMILES string of the molecule is COC1CCC(C(=O)NC(Cc2c[nH]c3ccccc23)c2cc(=O)[nH]c(C)n2)CC1. The summed E-state index contributed by atoms with van der Waals surface area (Å²) in [5, 5.41) is 4.29. The Labute approximate surface area is 175 Å². The van der Waals surface area contributed by atoms with Gasteiger partial charge in [-0.3, -0.25) is 9.59 Å². The molecular formula is C23H28N4O3. The number of carbonyl (C=O) groups is 1. The number of carbonyl (C=O) groups excluding carboxylic acids is 1. The van der Waals surface area contributed by atoms with Crippen molar-refractivity contribution in [3.63, 3.8) is 0 Å². The standard InChI is InChI=1S/C23H28N4O3/c1-14-25-21(12-22(28)26-14)20(11-16-13-24-19-6-4-3-5-18(16)19)27-23(29)15-7-9-17(30-2)10-8-15/h3-6,12-13,15,17,20,24H,7-11H2,1-2H3,(H,27,29)(H,25,26,28). The molecule has 3 aromatic rings. The van der Waals surface area contributed by atoms with Crippen molar-refractivity contribution >= 4 is 16.8 Å². The van der Waals surface area contributed by atoms with E-state index >= 15 is 0 Å². The van der Waals surface area contributed by atoms with E-state index < -0.39 is 0 Å². The molecule has 0 radical (unpaired) electrons. The summed E-state index contributed by atoms with van der Waals surface area (Å²) in [4.78, 5) is 35.6. The van der Waals surface area contributed by atoms with Crippen molar-refractivity contribution in [1.82, 2.24) is 20.3 Å². The average molecular weight is 409 g/mol. The van der Waals surface area contributed by atoms with Crippen LogP contribution in [-0.4, -0.2) is 34.1 Å². The van der Waals surface area contributed by atoms with Crippen molar-refractivity contribution in [2.75, 3.05) is 7.11 Å². The molecule has 0 saturated heterocycles. The fourth-order valence-corrected chi connectivity index (χ4v) is 4.38. The van der Waals surface area contributed by atoms with Crippen LogP contribution in [0.25, 0.3) is 10.9 Å². The molecule has 3 N–H and O–H groups in total. The predicted octanol–water partition coefficient (Wildman–Crippen LogP) is 3.16. The van der Waals surface area contributed by atoms with E-state index in [1.165, 1.54) is 6.07 Å². The van der Waals surface area contributed by atoms with Crippen LogP contribution in [0.1, 0.15) is 48.8 Å². The highest BCUT2D eigenvalue weighted by Crippen LogP contribution is 2.28. The molecule has 1 unspecified atom stereocenters. The Bertz CT molecular complexity index is 1080. The van der Waals surface area contributed by atoms with E-state index in [1.54, 1.807) is 14.0 Å². The molecule has 1 fully saturated rings. The molecule has 1 aliphatic rings. The lowest BCUT2D eigenvalue weighted by atomic mass is 9.86. The molecule has 1 atom stereocenters. The molecule has 7 heteroatoms. The van der Waals surface area contributed by atoms with Crippen molar-refractivity contribution in [3.8, 4) is 0 Å². The number of para-hydroxylation sites is 1. The first kappa shape index (κ1) is 20.3. The summed E-state index contributed by atoms with van der Waals surface area (Å²) in [6, 6.07) is 9.17. The summed E-state index contributed by atoms with van der Waals surface area (Å²) in [7, 11) is 1.73. The highest BCUT2D eigenvalue weighted by atomic mass is 16.5. The lowest BCUT2D eigenvalue weighted by Crippen LogP contribution is -2.38. The first-order valence-electron chi connectivity index (χ1n) is 10.5. The Balaban J connectivity index is 1.59. The van der Waals surface area contributed by atoms with Gasteiger partial charge in [-0.1, -0.05) is 18.2 Å². The fraction of sp³-hybridized carbons (Fsp3) is 0.435. The first-order chi connectivity index (χ1) is 14.5. The molecule has 0 bridgehead atoms. The van der Waals surface area contributed by atoms with E-state index in [1.807, 2.05) is 24.4 Å². The van der Waals surface area contributed by atoms with Gasteiger partial charge in [0.25, 0.3) is 5.56 Å². The highest BCUT2D eigenvalue weighted by molar-refractivity contribution is 5.83. The molecule has 4 rings (SSSR count). The number of methoxy groups -OCH3 is 1. The Morgan fingerprint density at radius 3 is 2.77 bits per heavy atom. The quantitative estimate of drug-likeness (QED) is 0.583. The van der Waals surface area contributed by atoms with Crippen LogP contribution in [0, 0.1) is 12.8 Å². The third-order valence-electron chi connectivity index (χ3n) is 6.03. The largest absolute Gasteiger partial charge is 0.381 e. The number of H-pyrrole nitrogens is 2. The number of rotatable bonds is 6. The molecule has 0 spiro atoms. The van der Waals surface area contributed by atoms with Gasteiger partial charge in [-0.05, 0) is 44.2 Å². The van der Waals surface area contributed by atoms with Crippen LogP contribution in [0.4, 0.5) is 0 Å². The molecule has 1 amide bonds. The zero-order chi connectivity index (χ0) is 21.1. The number of nitrogens with one attached hydrogen (secondary N) is 3. The second-order valence-electron chi connectivity index (χ2n) is 8.09. The van der Waals surface area contributed by atoms with Gasteiger partial charge in [0.15, 0.2) is 0 Å². The maximum atomic E-state index is 13.1. The van der Waals surface area contributed by atoms with Crippen LogP contribution < -0.4 is 10.9 Å². The van der Waals surface area contributed by atoms with E-state index in [0.29, 0.717) is 17.9 Å². The summed E-state index contributed by atoms with van der Waals surface area (Å²) < 4.78 is 5.42. The number of aryl methyl sites for hydroxylation is 1. The number of amides is 1. The lowest BCUT2D eigenvalue weighted by Gasteiger charge is -2.28. The van der Waals surface area contributed by atoms with Crippen LogP contribution in [-0.2, 0) is 16.0 Å². The molecular weight excluding hydrogens is 380 g/mol. The van der Waals surface area contributed by atoms with Gasteiger partial charge in [0.2, 0.25) is 5.91 Å². The van der Waals surface area contributed by atoms with E-state index in [9.17, 15) is 9.59 Å². The first-order valence-corrected chi connectivity index (χ1v) is 10.5. The number of aromatic amines is 2. The van der Waals surface area contributed by atoms with Crippen LogP contribution in [0.3, 0.4) is 0 Å². The lowest BCUT2D eigenvalue weighted by molar-refractivity contribution is -0.127. The van der Waals surface area contributed by atoms with Gasteiger partial charge in [-0.25, -0.2) is 4.98 Å². The Morgan fingerprint density at radius 2 is 2.03 bits per heavy atom. The van der Waals surface area contributed by atoms with Crippen molar-refractivity contribution in [3.05, 3.63) is 64.0 Å². The monoisotopic (exact) mass is 408 g/mol. The maximum absolute atomic E-state index is 13.1. The van der Waals surface area contributed by atoms with E-state index in [-0.39, 0.29) is 29.5 Å². The number of ether oxygens (including phenoxy) is 1. The number of benzene rings is 1. The van der Waals surface area contributed by atoms with Gasteiger partial charge in [0.1, 0.15) is 5.82 Å². The fourth-order valence-electron chi connectivity index (χ4n) is 4.38. The molecule has 1 aliphatic carbocycles. The Hall–Kier alpha value is -2.93. The van der Waals surface area contributed by atoms with Gasteiger partial charge in [0.05, 0.1) is 17.8 Å². The maximum Gasteiger partial charge on any atom is 0.251 e. The smallest absolute Gasteiger partial charge is 0.251 e. The van der Waals surface area contributed by atoms with Gasteiger partial charge in [0, 0.05) is 42.6 Å². The minimum atomic E-state index is -0.377. The Morgan fingerprint density at radius 1 is 1.27 bits per heavy atom. The zero-order valence-electron chi connectivity index (χ0n) is 17.4. The topological polar surface area (TPSA) is 99.9 Å². The summed E-state index contributed by atoms with van der Waals surface area (Å²) >= 11 is 0. The Kier molecular flexibility index (Phi) is 5.99. The van der Waals surface area contributed by atoms with Gasteiger partial charge in [-0.15, -0.1) is 0 Å². The number of aromatic nitrogens is 3. The molecule has 30 heavy (non-hydrogen) atoms. The summed E-state index contributed by atoms with van der Waals surface area (Å²) in [6.45, 7) is 1.75. The average Bonchev–Trinajstić information content (AvgIpc) is 3.15. The minimum absolute atomic E-state index is 0.0223. The molecule has 1 saturated carbocycles. The molecule has 1 aromatic carbocycles. The van der Waals surface area contributed by atoms with Crippen LogP contribution >= 0.6 is 0 Å². The molecule has 2 aromatic heterocycles. The summed E-state index contributed by atoms with van der Waals surface area (Å²) in [5.74, 6) is 0.523. The van der Waals surface area contributed by atoms with Crippen LogP contribution in [0.5, 0.6) is 0 Å². The third kappa shape index (κ3) is 4.46. The second kappa shape index (κ2) is 8.83. The predicted molar refractivity (Wildman–Crippen MR) is 115 cm³/mol. The van der Waals surface area contributed by atoms with E-state index in [2.05, 4.69) is 26.3 Å². The molecule has 158 valence electrons. The van der Waals surface area contributed by atoms with Crippen molar-refractivity contribution in [1.29, 1.82) is 0 Å². The number of hydrogen-bond donors (Lipinski definition) is 3. The zero-order valence-corrected chi connectivity index (χ0v) is 17.4. The third-order valence-corrected chi connectivity index (χ3v) is 6.03. The van der Waals surface area contributed by atoms with Crippen molar-refractivity contribution in [2.45, 2.75) is 51.2 Å². The van der Waals surface area contributed by atoms with Gasteiger partial charge in [-0.2, -0.15) is 0 Å². The minimum Gasteiger partial charge on any atom is -0.381 e. The summed E-state index contributed by atoms with van der Waals surface area (Å²) in [6.07, 6.45) is 6.17. The van der Waals surface area contributed by atoms with Gasteiger partial charge >= 0.3 is 0 Å². The number of fused-ring (bicyclic) bond motifs is 1. The highest BCUT2D eigenvalue weighted by Gasteiger charge is 2.28. The molecule has 2 heterocycles. The van der Waals surface area contributed by atoms with Crippen molar-refractivity contribution in [2.24, 2.45) is 5.92 Å². The van der Waals surface area contributed by atoms with Crippen LogP contribution in [0.2, 0.25) is 0 Å². The van der Waals surface area contributed by atoms with Crippen LogP contribution in [0.15, 0.2) is 41.3 Å². The molecule has 0 aliphatic heterocycles. The second-order valence-corrected chi connectivity index (χ2v) is 8.09. The number of hydrogen-bond acceptors (Lipinski definition) is 4. The molecule has 7 nitrogen and oxygen atoms in total.